The Labute approximate surface area is 132 Å². The fourth-order valence-electron chi connectivity index (χ4n) is 4.15. The Bertz CT molecular complexity index is 301. The minimum Gasteiger partial charge on any atom is -0.381 e. The van der Waals surface area contributed by atoms with Crippen molar-refractivity contribution in [3.63, 3.8) is 0 Å². The summed E-state index contributed by atoms with van der Waals surface area (Å²) in [7, 11) is 0. The van der Waals surface area contributed by atoms with Gasteiger partial charge >= 0.3 is 0 Å². The van der Waals surface area contributed by atoms with Gasteiger partial charge in [-0.25, -0.2) is 0 Å². The number of likely N-dealkylation sites (tertiary alicyclic amines) is 2. The maximum absolute atomic E-state index is 5.56. The van der Waals surface area contributed by atoms with E-state index in [2.05, 4.69) is 25.7 Å². The van der Waals surface area contributed by atoms with Crippen LogP contribution in [0.4, 0.5) is 0 Å². The van der Waals surface area contributed by atoms with Gasteiger partial charge in [0.2, 0.25) is 0 Å². The zero-order chi connectivity index (χ0) is 13.8. The summed E-state index contributed by atoms with van der Waals surface area (Å²) in [4.78, 5) is 5.49. The number of piperidine rings is 1. The molecular weight excluding hydrogens is 316 g/mol. The van der Waals surface area contributed by atoms with Gasteiger partial charge < -0.3 is 9.64 Å². The van der Waals surface area contributed by atoms with Gasteiger partial charge in [-0.3, -0.25) is 4.90 Å². The van der Waals surface area contributed by atoms with Crippen LogP contribution in [0.3, 0.4) is 0 Å². The average Bonchev–Trinajstić information content (AvgIpc) is 2.97. The topological polar surface area (TPSA) is 15.7 Å². The van der Waals surface area contributed by atoms with Gasteiger partial charge in [-0.2, -0.15) is 0 Å². The summed E-state index contributed by atoms with van der Waals surface area (Å²) in [6, 6.07) is 0.836. The monoisotopic (exact) mass is 344 g/mol. The molecule has 0 spiro atoms. The fourth-order valence-corrected chi connectivity index (χ4v) is 4.89. The van der Waals surface area contributed by atoms with Crippen LogP contribution in [0, 0.1) is 5.41 Å². The molecule has 3 aliphatic heterocycles. The first-order valence-corrected chi connectivity index (χ1v) is 9.54. The SMILES string of the molecule is BrCC1(CN2CCC(N3CCCCC3)C2)CCOCC1. The molecule has 3 aliphatic rings. The van der Waals surface area contributed by atoms with Crippen LogP contribution in [0.15, 0.2) is 0 Å². The van der Waals surface area contributed by atoms with E-state index in [1.165, 1.54) is 71.2 Å². The Morgan fingerprint density at radius 2 is 1.80 bits per heavy atom. The van der Waals surface area contributed by atoms with Gasteiger partial charge in [0.25, 0.3) is 0 Å². The molecule has 0 bridgehead atoms. The van der Waals surface area contributed by atoms with Crippen LogP contribution in [-0.2, 0) is 4.74 Å². The lowest BCUT2D eigenvalue weighted by atomic mass is 9.82. The molecule has 3 nitrogen and oxygen atoms in total. The number of alkyl halides is 1. The molecule has 3 rings (SSSR count). The quantitative estimate of drug-likeness (QED) is 0.729. The summed E-state index contributed by atoms with van der Waals surface area (Å²) >= 11 is 3.77. The number of ether oxygens (including phenoxy) is 1. The molecule has 0 saturated carbocycles. The molecule has 0 aromatic carbocycles. The maximum atomic E-state index is 5.56. The van der Waals surface area contributed by atoms with Crippen LogP contribution in [0.25, 0.3) is 0 Å². The molecule has 116 valence electrons. The third kappa shape index (κ3) is 3.57. The predicted octanol–water partition coefficient (Wildman–Crippen LogP) is 2.74. The molecular formula is C16H29BrN2O. The fraction of sp³-hybridized carbons (Fsp3) is 1.00. The Balaban J connectivity index is 1.51. The van der Waals surface area contributed by atoms with Crippen LogP contribution in [-0.4, -0.2) is 67.1 Å². The molecule has 0 aromatic heterocycles. The average molecular weight is 345 g/mol. The minimum absolute atomic E-state index is 0.467. The molecule has 3 fully saturated rings. The van der Waals surface area contributed by atoms with Crippen molar-refractivity contribution in [2.75, 3.05) is 51.3 Å². The Hall–Kier alpha value is 0.360. The number of nitrogens with zero attached hydrogens (tertiary/aromatic N) is 2. The largest absolute Gasteiger partial charge is 0.381 e. The second-order valence-electron chi connectivity index (χ2n) is 7.02. The number of rotatable bonds is 4. The van der Waals surface area contributed by atoms with E-state index in [0.717, 1.165) is 24.6 Å². The Kier molecular flexibility index (Phi) is 5.40. The highest BCUT2D eigenvalue weighted by molar-refractivity contribution is 9.09. The molecule has 1 unspecified atom stereocenters. The van der Waals surface area contributed by atoms with E-state index in [4.69, 9.17) is 4.74 Å². The van der Waals surface area contributed by atoms with E-state index >= 15 is 0 Å². The Morgan fingerprint density at radius 3 is 2.50 bits per heavy atom. The number of hydrogen-bond acceptors (Lipinski definition) is 3. The highest BCUT2D eigenvalue weighted by Crippen LogP contribution is 2.35. The number of hydrogen-bond donors (Lipinski definition) is 0. The summed E-state index contributed by atoms with van der Waals surface area (Å²) in [5.74, 6) is 0. The zero-order valence-corrected chi connectivity index (χ0v) is 14.2. The van der Waals surface area contributed by atoms with Gasteiger partial charge in [-0.15, -0.1) is 0 Å². The first-order valence-electron chi connectivity index (χ1n) is 8.41. The molecule has 0 radical (unpaired) electrons. The summed E-state index contributed by atoms with van der Waals surface area (Å²) in [5, 5.41) is 1.13. The van der Waals surface area contributed by atoms with Crippen molar-refractivity contribution in [3.8, 4) is 0 Å². The summed E-state index contributed by atoms with van der Waals surface area (Å²) in [6.45, 7) is 8.47. The van der Waals surface area contributed by atoms with Crippen molar-refractivity contribution in [2.24, 2.45) is 5.41 Å². The molecule has 3 heterocycles. The van der Waals surface area contributed by atoms with Gasteiger partial charge in [-0.1, -0.05) is 22.4 Å². The van der Waals surface area contributed by atoms with Crippen molar-refractivity contribution < 1.29 is 4.74 Å². The van der Waals surface area contributed by atoms with E-state index in [9.17, 15) is 0 Å². The van der Waals surface area contributed by atoms with E-state index in [1.807, 2.05) is 0 Å². The zero-order valence-electron chi connectivity index (χ0n) is 12.7. The normalized spacial score (nSPS) is 32.5. The highest BCUT2D eigenvalue weighted by atomic mass is 79.9. The second kappa shape index (κ2) is 7.08. The lowest BCUT2D eigenvalue weighted by molar-refractivity contribution is 0.0104. The van der Waals surface area contributed by atoms with E-state index in [0.29, 0.717) is 5.41 Å². The van der Waals surface area contributed by atoms with E-state index in [1.54, 1.807) is 0 Å². The van der Waals surface area contributed by atoms with Gasteiger partial charge in [0.1, 0.15) is 0 Å². The van der Waals surface area contributed by atoms with Gasteiger partial charge in [0.15, 0.2) is 0 Å². The van der Waals surface area contributed by atoms with Gasteiger partial charge in [-0.05, 0) is 57.2 Å². The third-order valence-corrected chi connectivity index (χ3v) is 6.74. The third-order valence-electron chi connectivity index (χ3n) is 5.55. The van der Waals surface area contributed by atoms with Crippen molar-refractivity contribution >= 4 is 15.9 Å². The van der Waals surface area contributed by atoms with Crippen molar-refractivity contribution in [1.82, 2.24) is 9.80 Å². The van der Waals surface area contributed by atoms with Crippen LogP contribution < -0.4 is 0 Å². The van der Waals surface area contributed by atoms with Crippen LogP contribution >= 0.6 is 15.9 Å². The highest BCUT2D eigenvalue weighted by Gasteiger charge is 2.36. The standard InChI is InChI=1S/C16H29BrN2O/c17-13-16(5-10-20-11-6-16)14-18-9-4-15(12-18)19-7-2-1-3-8-19/h15H,1-14H2. The molecule has 4 heteroatoms. The predicted molar refractivity (Wildman–Crippen MR) is 86.5 cm³/mol. The Morgan fingerprint density at radius 1 is 1.05 bits per heavy atom. The van der Waals surface area contributed by atoms with E-state index < -0.39 is 0 Å². The minimum atomic E-state index is 0.467. The molecule has 0 aromatic rings. The first kappa shape index (κ1) is 15.3. The smallest absolute Gasteiger partial charge is 0.0472 e. The molecule has 0 amide bonds. The van der Waals surface area contributed by atoms with Gasteiger partial charge in [0.05, 0.1) is 0 Å². The first-order chi connectivity index (χ1) is 9.81. The molecule has 3 saturated heterocycles. The van der Waals surface area contributed by atoms with E-state index in [-0.39, 0.29) is 0 Å². The molecule has 1 atom stereocenters. The van der Waals surface area contributed by atoms with Crippen LogP contribution in [0.5, 0.6) is 0 Å². The lowest BCUT2D eigenvalue weighted by Gasteiger charge is -2.39. The summed E-state index contributed by atoms with van der Waals surface area (Å²) in [5.41, 5.74) is 0.467. The van der Waals surface area contributed by atoms with Crippen molar-refractivity contribution in [2.45, 2.75) is 44.6 Å². The second-order valence-corrected chi connectivity index (χ2v) is 7.58. The summed E-state index contributed by atoms with van der Waals surface area (Å²) < 4.78 is 5.56. The van der Waals surface area contributed by atoms with Crippen LogP contribution in [0.2, 0.25) is 0 Å². The summed E-state index contributed by atoms with van der Waals surface area (Å²) in [6.07, 6.45) is 8.11. The lowest BCUT2D eigenvalue weighted by Crippen LogP contribution is -2.44. The molecule has 0 aliphatic carbocycles. The molecule has 20 heavy (non-hydrogen) atoms. The molecule has 0 N–H and O–H groups in total. The maximum Gasteiger partial charge on any atom is 0.0472 e. The van der Waals surface area contributed by atoms with Gasteiger partial charge in [0, 0.05) is 37.7 Å². The number of halogens is 1. The van der Waals surface area contributed by atoms with Crippen molar-refractivity contribution in [1.29, 1.82) is 0 Å². The van der Waals surface area contributed by atoms with Crippen molar-refractivity contribution in [3.05, 3.63) is 0 Å². The van der Waals surface area contributed by atoms with Crippen LogP contribution in [0.1, 0.15) is 38.5 Å².